The molecule has 0 radical (unpaired) electrons. The fourth-order valence-electron chi connectivity index (χ4n) is 2.52. The van der Waals surface area contributed by atoms with Gasteiger partial charge in [0.2, 0.25) is 0 Å². The van der Waals surface area contributed by atoms with Crippen molar-refractivity contribution in [2.75, 3.05) is 11.9 Å². The zero-order valence-electron chi connectivity index (χ0n) is 11.7. The van der Waals surface area contributed by atoms with Crippen LogP contribution in [0, 0.1) is 6.92 Å². The first-order valence-corrected chi connectivity index (χ1v) is 6.12. The SMILES string of the molecule is CC1=CC(C)(C)N(C)c2cc(C)c(C=NO)cc21. The molecule has 3 nitrogen and oxygen atoms in total. The van der Waals surface area contributed by atoms with Gasteiger partial charge >= 0.3 is 0 Å². The number of nitrogens with zero attached hydrogens (tertiary/aromatic N) is 2. The van der Waals surface area contributed by atoms with Crippen LogP contribution in [0.3, 0.4) is 0 Å². The molecule has 18 heavy (non-hydrogen) atoms. The van der Waals surface area contributed by atoms with Crippen molar-refractivity contribution in [3.8, 4) is 0 Å². The first-order valence-electron chi connectivity index (χ1n) is 6.12. The van der Waals surface area contributed by atoms with Gasteiger partial charge in [0, 0.05) is 18.3 Å². The molecule has 2 rings (SSSR count). The van der Waals surface area contributed by atoms with Crippen LogP contribution in [0.1, 0.15) is 37.5 Å². The second-order valence-corrected chi connectivity index (χ2v) is 5.51. The van der Waals surface area contributed by atoms with Crippen LogP contribution in [0.25, 0.3) is 5.57 Å². The maximum absolute atomic E-state index is 8.69. The molecule has 0 amide bonds. The first-order chi connectivity index (χ1) is 8.36. The van der Waals surface area contributed by atoms with Gasteiger partial charge < -0.3 is 10.1 Å². The van der Waals surface area contributed by atoms with Gasteiger partial charge in [-0.15, -0.1) is 0 Å². The zero-order chi connectivity index (χ0) is 13.5. The number of allylic oxidation sites excluding steroid dienone is 1. The summed E-state index contributed by atoms with van der Waals surface area (Å²) in [6, 6.07) is 4.24. The number of aryl methyl sites for hydroxylation is 1. The van der Waals surface area contributed by atoms with E-state index in [0.29, 0.717) is 0 Å². The van der Waals surface area contributed by atoms with Crippen LogP contribution in [-0.2, 0) is 0 Å². The first kappa shape index (κ1) is 12.7. The van der Waals surface area contributed by atoms with E-state index in [1.54, 1.807) is 0 Å². The second kappa shape index (κ2) is 4.16. The highest BCUT2D eigenvalue weighted by Crippen LogP contribution is 2.38. The Morgan fingerprint density at radius 3 is 2.56 bits per heavy atom. The van der Waals surface area contributed by atoms with E-state index in [1.165, 1.54) is 23.0 Å². The van der Waals surface area contributed by atoms with E-state index in [4.69, 9.17) is 5.21 Å². The Labute approximate surface area is 108 Å². The lowest BCUT2D eigenvalue weighted by molar-refractivity contribution is 0.322. The molecular weight excluding hydrogens is 224 g/mol. The molecule has 1 N–H and O–H groups in total. The Bertz CT molecular complexity index is 542. The summed E-state index contributed by atoms with van der Waals surface area (Å²) in [7, 11) is 2.11. The van der Waals surface area contributed by atoms with Gasteiger partial charge in [-0.25, -0.2) is 0 Å². The van der Waals surface area contributed by atoms with Crippen LogP contribution in [0.5, 0.6) is 0 Å². The number of rotatable bonds is 1. The number of hydrogen-bond acceptors (Lipinski definition) is 3. The molecule has 1 aromatic carbocycles. The molecule has 0 fully saturated rings. The minimum Gasteiger partial charge on any atom is -0.411 e. The van der Waals surface area contributed by atoms with E-state index in [2.05, 4.69) is 56.1 Å². The lowest BCUT2D eigenvalue weighted by Crippen LogP contribution is -2.42. The highest BCUT2D eigenvalue weighted by atomic mass is 16.4. The molecular formula is C15H20N2O. The van der Waals surface area contributed by atoms with E-state index < -0.39 is 0 Å². The van der Waals surface area contributed by atoms with Crippen LogP contribution >= 0.6 is 0 Å². The van der Waals surface area contributed by atoms with E-state index >= 15 is 0 Å². The number of oxime groups is 1. The molecule has 1 aromatic rings. The van der Waals surface area contributed by atoms with Gasteiger partial charge in [0.15, 0.2) is 0 Å². The van der Waals surface area contributed by atoms with Gasteiger partial charge in [-0.3, -0.25) is 0 Å². The smallest absolute Gasteiger partial charge is 0.0736 e. The molecule has 0 bridgehead atoms. The predicted molar refractivity (Wildman–Crippen MR) is 76.7 cm³/mol. The Hall–Kier alpha value is -1.77. The van der Waals surface area contributed by atoms with Gasteiger partial charge in [0.25, 0.3) is 0 Å². The van der Waals surface area contributed by atoms with Crippen molar-refractivity contribution >= 4 is 17.5 Å². The average molecular weight is 244 g/mol. The summed E-state index contributed by atoms with van der Waals surface area (Å²) in [5.41, 5.74) is 5.79. The van der Waals surface area contributed by atoms with Crippen LogP contribution in [0.15, 0.2) is 23.4 Å². The largest absolute Gasteiger partial charge is 0.411 e. The molecule has 1 heterocycles. The molecule has 1 aliphatic rings. The average Bonchev–Trinajstić information content (AvgIpc) is 2.28. The number of anilines is 1. The maximum Gasteiger partial charge on any atom is 0.0736 e. The molecule has 0 unspecified atom stereocenters. The molecule has 0 saturated heterocycles. The zero-order valence-corrected chi connectivity index (χ0v) is 11.7. The highest BCUT2D eigenvalue weighted by molar-refractivity contribution is 5.89. The summed E-state index contributed by atoms with van der Waals surface area (Å²) in [5.74, 6) is 0. The fourth-order valence-corrected chi connectivity index (χ4v) is 2.52. The number of hydrogen-bond donors (Lipinski definition) is 1. The van der Waals surface area contributed by atoms with Crippen LogP contribution in [-0.4, -0.2) is 24.0 Å². The Kier molecular flexibility index (Phi) is 2.93. The monoisotopic (exact) mass is 244 g/mol. The number of likely N-dealkylation sites (N-methyl/N-ethyl adjacent to an activating group) is 1. The summed E-state index contributed by atoms with van der Waals surface area (Å²) in [4.78, 5) is 2.28. The normalized spacial score (nSPS) is 17.8. The summed E-state index contributed by atoms with van der Waals surface area (Å²) < 4.78 is 0. The highest BCUT2D eigenvalue weighted by Gasteiger charge is 2.28. The van der Waals surface area contributed by atoms with E-state index in [9.17, 15) is 0 Å². The summed E-state index contributed by atoms with van der Waals surface area (Å²) in [5, 5.41) is 11.8. The van der Waals surface area contributed by atoms with E-state index in [1.807, 2.05) is 6.92 Å². The lowest BCUT2D eigenvalue weighted by atomic mass is 9.87. The Morgan fingerprint density at radius 1 is 1.28 bits per heavy atom. The molecule has 3 heteroatoms. The second-order valence-electron chi connectivity index (χ2n) is 5.51. The third-order valence-electron chi connectivity index (χ3n) is 3.80. The maximum atomic E-state index is 8.69. The van der Waals surface area contributed by atoms with Gasteiger partial charge in [-0.05, 0) is 56.5 Å². The minimum absolute atomic E-state index is 0.0239. The molecule has 0 saturated carbocycles. The minimum atomic E-state index is 0.0239. The standard InChI is InChI=1S/C15H20N2O/c1-10-6-14-13(7-12(10)9-16-18)11(2)8-15(3,4)17(14)5/h6-9,18H,1-5H3. The van der Waals surface area contributed by atoms with Gasteiger partial charge in [-0.1, -0.05) is 11.2 Å². The predicted octanol–water partition coefficient (Wildman–Crippen LogP) is 3.43. The van der Waals surface area contributed by atoms with Crippen molar-refractivity contribution in [1.29, 1.82) is 0 Å². The molecule has 0 spiro atoms. The lowest BCUT2D eigenvalue weighted by Gasteiger charge is -2.41. The topological polar surface area (TPSA) is 35.8 Å². The Balaban J connectivity index is 2.66. The molecule has 1 aliphatic heterocycles. The third-order valence-corrected chi connectivity index (χ3v) is 3.80. The van der Waals surface area contributed by atoms with Crippen LogP contribution < -0.4 is 4.90 Å². The Morgan fingerprint density at radius 2 is 1.94 bits per heavy atom. The summed E-state index contributed by atoms with van der Waals surface area (Å²) in [6.07, 6.45) is 3.76. The van der Waals surface area contributed by atoms with Crippen molar-refractivity contribution in [2.24, 2.45) is 5.16 Å². The van der Waals surface area contributed by atoms with Crippen LogP contribution in [0.4, 0.5) is 5.69 Å². The van der Waals surface area contributed by atoms with Crippen molar-refractivity contribution in [2.45, 2.75) is 33.2 Å². The molecule has 0 aliphatic carbocycles. The van der Waals surface area contributed by atoms with Crippen molar-refractivity contribution < 1.29 is 5.21 Å². The van der Waals surface area contributed by atoms with Gasteiger partial charge in [0.05, 0.1) is 11.8 Å². The summed E-state index contributed by atoms with van der Waals surface area (Å²) >= 11 is 0. The number of fused-ring (bicyclic) bond motifs is 1. The van der Waals surface area contributed by atoms with Crippen molar-refractivity contribution in [1.82, 2.24) is 0 Å². The quantitative estimate of drug-likeness (QED) is 0.466. The molecule has 0 atom stereocenters. The fraction of sp³-hybridized carbons (Fsp3) is 0.400. The van der Waals surface area contributed by atoms with Gasteiger partial charge in [0.1, 0.15) is 0 Å². The molecule has 96 valence electrons. The van der Waals surface area contributed by atoms with Gasteiger partial charge in [-0.2, -0.15) is 0 Å². The van der Waals surface area contributed by atoms with Crippen molar-refractivity contribution in [3.63, 3.8) is 0 Å². The van der Waals surface area contributed by atoms with E-state index in [-0.39, 0.29) is 5.54 Å². The van der Waals surface area contributed by atoms with Crippen LogP contribution in [0.2, 0.25) is 0 Å². The van der Waals surface area contributed by atoms with Crippen molar-refractivity contribution in [3.05, 3.63) is 34.9 Å². The summed E-state index contributed by atoms with van der Waals surface area (Å²) in [6.45, 7) is 8.57. The molecule has 0 aromatic heterocycles. The number of benzene rings is 1. The third kappa shape index (κ3) is 1.90. The van der Waals surface area contributed by atoms with E-state index in [0.717, 1.165) is 11.1 Å².